The number of hydrogen-bond donors (Lipinski definition) is 1. The number of rotatable bonds is 5. The van der Waals surface area contributed by atoms with E-state index in [1.54, 1.807) is 31.4 Å². The number of ether oxygens (including phenoxy) is 1. The van der Waals surface area contributed by atoms with Crippen LogP contribution in [0.25, 0.3) is 0 Å². The number of hydrogen-bond acceptors (Lipinski definition) is 5. The lowest BCUT2D eigenvalue weighted by atomic mass is 9.90. The summed E-state index contributed by atoms with van der Waals surface area (Å²) in [6.45, 7) is 4.88. The molecule has 2 saturated heterocycles. The van der Waals surface area contributed by atoms with Crippen molar-refractivity contribution in [2.75, 3.05) is 39.8 Å². The van der Waals surface area contributed by atoms with Crippen LogP contribution < -0.4 is 10.5 Å². The van der Waals surface area contributed by atoms with Crippen LogP contribution in [-0.4, -0.2) is 63.4 Å². The van der Waals surface area contributed by atoms with E-state index < -0.39 is 10.0 Å². The van der Waals surface area contributed by atoms with E-state index in [-0.39, 0.29) is 22.1 Å². The van der Waals surface area contributed by atoms with Gasteiger partial charge in [0.2, 0.25) is 15.9 Å². The summed E-state index contributed by atoms with van der Waals surface area (Å²) in [4.78, 5) is 15.0. The number of benzene rings is 1. The summed E-state index contributed by atoms with van der Waals surface area (Å²) in [5, 5.41) is 0. The van der Waals surface area contributed by atoms with Gasteiger partial charge in [-0.1, -0.05) is 6.92 Å². The van der Waals surface area contributed by atoms with Crippen LogP contribution >= 0.6 is 0 Å². The van der Waals surface area contributed by atoms with Crippen LogP contribution in [0, 0.1) is 11.3 Å². The second-order valence-electron chi connectivity index (χ2n) is 7.88. The van der Waals surface area contributed by atoms with Gasteiger partial charge in [0.05, 0.1) is 12.0 Å². The molecule has 2 aliphatic heterocycles. The van der Waals surface area contributed by atoms with E-state index in [4.69, 9.17) is 10.5 Å². The highest BCUT2D eigenvalue weighted by Crippen LogP contribution is 2.32. The first kappa shape index (κ1) is 20.1. The van der Waals surface area contributed by atoms with Gasteiger partial charge in [0.1, 0.15) is 5.75 Å². The predicted molar refractivity (Wildman–Crippen MR) is 103 cm³/mol. The topological polar surface area (TPSA) is 92.9 Å². The summed E-state index contributed by atoms with van der Waals surface area (Å²) in [6, 6.07) is 6.41. The zero-order valence-electron chi connectivity index (χ0n) is 16.1. The summed E-state index contributed by atoms with van der Waals surface area (Å²) < 4.78 is 32.2. The average Bonchev–Trinajstić information content (AvgIpc) is 3.10. The second-order valence-corrected chi connectivity index (χ2v) is 9.82. The number of sulfonamides is 1. The van der Waals surface area contributed by atoms with E-state index in [1.165, 1.54) is 4.31 Å². The Bertz CT molecular complexity index is 773. The quantitative estimate of drug-likeness (QED) is 0.811. The first-order chi connectivity index (χ1) is 12.8. The highest BCUT2D eigenvalue weighted by molar-refractivity contribution is 7.89. The maximum absolute atomic E-state index is 12.8. The van der Waals surface area contributed by atoms with Crippen molar-refractivity contribution in [3.63, 3.8) is 0 Å². The van der Waals surface area contributed by atoms with Crippen molar-refractivity contribution in [2.45, 2.75) is 31.1 Å². The van der Waals surface area contributed by atoms with Crippen LogP contribution in [0.3, 0.4) is 0 Å². The minimum atomic E-state index is -3.54. The molecular formula is C19H29N3O4S. The van der Waals surface area contributed by atoms with Crippen LogP contribution in [0.15, 0.2) is 29.2 Å². The highest BCUT2D eigenvalue weighted by Gasteiger charge is 2.39. The van der Waals surface area contributed by atoms with Crippen molar-refractivity contribution in [1.29, 1.82) is 0 Å². The Morgan fingerprint density at radius 3 is 2.37 bits per heavy atom. The molecule has 0 bridgehead atoms. The zero-order chi connectivity index (χ0) is 19.7. The predicted octanol–water partition coefficient (Wildman–Crippen LogP) is 1.29. The third-order valence-corrected chi connectivity index (χ3v) is 7.78. The summed E-state index contributed by atoms with van der Waals surface area (Å²) in [7, 11) is -2.00. The molecule has 1 amide bonds. The Balaban J connectivity index is 1.60. The lowest BCUT2D eigenvalue weighted by molar-refractivity contribution is -0.136. The van der Waals surface area contributed by atoms with Gasteiger partial charge in [-0.3, -0.25) is 4.79 Å². The van der Waals surface area contributed by atoms with Crippen molar-refractivity contribution in [3.8, 4) is 5.75 Å². The molecule has 1 aromatic rings. The average molecular weight is 396 g/mol. The molecule has 8 heteroatoms. The van der Waals surface area contributed by atoms with E-state index in [0.717, 1.165) is 13.0 Å². The first-order valence-electron chi connectivity index (χ1n) is 9.42. The number of carbonyl (C=O) groups is 1. The molecular weight excluding hydrogens is 366 g/mol. The molecule has 0 saturated carbocycles. The highest BCUT2D eigenvalue weighted by atomic mass is 32.2. The Kier molecular flexibility index (Phi) is 5.79. The molecule has 1 atom stereocenters. The molecule has 7 nitrogen and oxygen atoms in total. The van der Waals surface area contributed by atoms with Gasteiger partial charge in [0.25, 0.3) is 0 Å². The van der Waals surface area contributed by atoms with Crippen LogP contribution in [0.4, 0.5) is 0 Å². The molecule has 2 N–H and O–H groups in total. The molecule has 1 unspecified atom stereocenters. The summed E-state index contributed by atoms with van der Waals surface area (Å²) in [5.41, 5.74) is 5.84. The molecule has 150 valence electrons. The Hall–Kier alpha value is -1.64. The fraction of sp³-hybridized carbons (Fsp3) is 0.632. The van der Waals surface area contributed by atoms with Crippen molar-refractivity contribution >= 4 is 15.9 Å². The fourth-order valence-electron chi connectivity index (χ4n) is 3.88. The Labute approximate surface area is 161 Å². The number of methoxy groups -OCH3 is 1. The van der Waals surface area contributed by atoms with Gasteiger partial charge in [-0.2, -0.15) is 4.31 Å². The molecule has 27 heavy (non-hydrogen) atoms. The van der Waals surface area contributed by atoms with Gasteiger partial charge in [0, 0.05) is 32.1 Å². The molecule has 2 fully saturated rings. The van der Waals surface area contributed by atoms with Crippen molar-refractivity contribution in [3.05, 3.63) is 24.3 Å². The van der Waals surface area contributed by atoms with Crippen molar-refractivity contribution in [2.24, 2.45) is 17.1 Å². The second kappa shape index (κ2) is 7.77. The van der Waals surface area contributed by atoms with E-state index >= 15 is 0 Å². The molecule has 0 aromatic heterocycles. The Morgan fingerprint density at radius 2 is 1.85 bits per heavy atom. The monoisotopic (exact) mass is 395 g/mol. The lowest BCUT2D eigenvalue weighted by Crippen LogP contribution is -2.44. The SMILES string of the molecule is COc1ccc(S(=O)(=O)N2CCC(C(=O)N3CCC(C)(CN)C3)CC2)cc1. The number of carbonyl (C=O) groups excluding carboxylic acids is 1. The summed E-state index contributed by atoms with van der Waals surface area (Å²) in [6.07, 6.45) is 2.05. The number of piperidine rings is 1. The zero-order valence-corrected chi connectivity index (χ0v) is 16.9. The number of nitrogens with zero attached hydrogens (tertiary/aromatic N) is 2. The van der Waals surface area contributed by atoms with Gasteiger partial charge >= 0.3 is 0 Å². The molecule has 3 rings (SSSR count). The molecule has 2 heterocycles. The number of likely N-dealkylation sites (tertiary alicyclic amines) is 1. The van der Waals surface area contributed by atoms with Crippen molar-refractivity contribution in [1.82, 2.24) is 9.21 Å². The third-order valence-electron chi connectivity index (χ3n) is 5.86. The van der Waals surface area contributed by atoms with Gasteiger partial charge in [-0.15, -0.1) is 0 Å². The van der Waals surface area contributed by atoms with E-state index in [1.807, 2.05) is 4.90 Å². The van der Waals surface area contributed by atoms with Crippen LogP contribution in [-0.2, 0) is 14.8 Å². The lowest BCUT2D eigenvalue weighted by Gasteiger charge is -2.33. The van der Waals surface area contributed by atoms with Gasteiger partial charge < -0.3 is 15.4 Å². The molecule has 2 aliphatic rings. The smallest absolute Gasteiger partial charge is 0.243 e. The summed E-state index contributed by atoms with van der Waals surface area (Å²) in [5.74, 6) is 0.662. The third kappa shape index (κ3) is 4.12. The van der Waals surface area contributed by atoms with Crippen LogP contribution in [0.2, 0.25) is 0 Å². The van der Waals surface area contributed by atoms with Crippen LogP contribution in [0.1, 0.15) is 26.2 Å². The molecule has 0 spiro atoms. The number of amides is 1. The minimum Gasteiger partial charge on any atom is -0.497 e. The maximum Gasteiger partial charge on any atom is 0.243 e. The Morgan fingerprint density at radius 1 is 1.22 bits per heavy atom. The first-order valence-corrected chi connectivity index (χ1v) is 10.9. The number of nitrogens with two attached hydrogens (primary N) is 1. The van der Waals surface area contributed by atoms with Gasteiger partial charge in [-0.05, 0) is 55.5 Å². The fourth-order valence-corrected chi connectivity index (χ4v) is 5.35. The van der Waals surface area contributed by atoms with E-state index in [9.17, 15) is 13.2 Å². The maximum atomic E-state index is 12.8. The van der Waals surface area contributed by atoms with Gasteiger partial charge in [0.15, 0.2) is 0 Å². The minimum absolute atomic E-state index is 0.00800. The molecule has 0 radical (unpaired) electrons. The molecule has 1 aromatic carbocycles. The van der Waals surface area contributed by atoms with E-state index in [0.29, 0.717) is 44.8 Å². The standard InChI is InChI=1S/C19H29N3O4S/c1-19(13-20)9-12-21(14-19)18(23)15-7-10-22(11-8-15)27(24,25)17-5-3-16(26-2)4-6-17/h3-6,15H,7-14,20H2,1-2H3. The largest absolute Gasteiger partial charge is 0.497 e. The van der Waals surface area contributed by atoms with Crippen molar-refractivity contribution < 1.29 is 17.9 Å². The van der Waals surface area contributed by atoms with E-state index in [2.05, 4.69) is 6.92 Å². The summed E-state index contributed by atoms with van der Waals surface area (Å²) >= 11 is 0. The van der Waals surface area contributed by atoms with Gasteiger partial charge in [-0.25, -0.2) is 8.42 Å². The normalized spacial score (nSPS) is 24.9. The van der Waals surface area contributed by atoms with Crippen LogP contribution in [0.5, 0.6) is 5.75 Å². The molecule has 0 aliphatic carbocycles.